The number of hydrogen-bond donors (Lipinski definition) is 0. The lowest BCUT2D eigenvalue weighted by Gasteiger charge is -2.35. The van der Waals surface area contributed by atoms with Crippen LogP contribution in [-0.4, -0.2) is 80.7 Å². The molecule has 2 aliphatic heterocycles. The molecule has 0 N–H and O–H groups in total. The SMILES string of the molecule is CS(=O)(=O)N1CCN(C(=O)N2CC(c3ccc(Cl)c(Cl)c3)[C@H](COc3ccc(F)c(Cl)c3)C2)CC1. The van der Waals surface area contributed by atoms with Crippen LogP contribution < -0.4 is 4.74 Å². The van der Waals surface area contributed by atoms with Crippen molar-refractivity contribution in [1.82, 2.24) is 14.1 Å². The van der Waals surface area contributed by atoms with Gasteiger partial charge in [-0.1, -0.05) is 40.9 Å². The molecule has 2 aromatic carbocycles. The van der Waals surface area contributed by atoms with Crippen LogP contribution in [0.5, 0.6) is 5.75 Å². The molecule has 2 atom stereocenters. The third-order valence-electron chi connectivity index (χ3n) is 6.42. The largest absolute Gasteiger partial charge is 0.493 e. The normalized spacial score (nSPS) is 21.4. The van der Waals surface area contributed by atoms with Gasteiger partial charge in [0.1, 0.15) is 11.6 Å². The van der Waals surface area contributed by atoms with Crippen molar-refractivity contribution >= 4 is 50.9 Å². The van der Waals surface area contributed by atoms with E-state index in [1.807, 2.05) is 6.07 Å². The summed E-state index contributed by atoms with van der Waals surface area (Å²) >= 11 is 18.2. The molecular formula is C23H25Cl3FN3O4S. The first-order valence-corrected chi connectivity index (χ1v) is 14.0. The lowest BCUT2D eigenvalue weighted by molar-refractivity contribution is 0.139. The van der Waals surface area contributed by atoms with Gasteiger partial charge in [-0.3, -0.25) is 0 Å². The molecule has 4 rings (SSSR count). The maximum atomic E-state index is 13.5. The summed E-state index contributed by atoms with van der Waals surface area (Å²) in [6.07, 6.45) is 1.17. The van der Waals surface area contributed by atoms with Gasteiger partial charge >= 0.3 is 6.03 Å². The van der Waals surface area contributed by atoms with E-state index in [-0.39, 0.29) is 42.6 Å². The quantitative estimate of drug-likeness (QED) is 0.533. The zero-order chi connectivity index (χ0) is 25.3. The van der Waals surface area contributed by atoms with Crippen LogP contribution in [-0.2, 0) is 10.0 Å². The second-order valence-electron chi connectivity index (χ2n) is 8.76. The molecule has 1 unspecified atom stereocenters. The number of carbonyl (C=O) groups excluding carboxylic acids is 1. The Morgan fingerprint density at radius 3 is 2.31 bits per heavy atom. The number of ether oxygens (including phenoxy) is 1. The van der Waals surface area contributed by atoms with E-state index < -0.39 is 15.8 Å². The lowest BCUT2D eigenvalue weighted by Crippen LogP contribution is -2.53. The molecule has 12 heteroatoms. The van der Waals surface area contributed by atoms with Crippen molar-refractivity contribution in [2.24, 2.45) is 5.92 Å². The Bertz CT molecular complexity index is 1210. The first-order chi connectivity index (χ1) is 16.5. The zero-order valence-electron chi connectivity index (χ0n) is 19.0. The van der Waals surface area contributed by atoms with Gasteiger partial charge in [-0.15, -0.1) is 0 Å². The summed E-state index contributed by atoms with van der Waals surface area (Å²) in [7, 11) is -3.29. The van der Waals surface area contributed by atoms with Gasteiger partial charge in [0, 0.05) is 57.2 Å². The number of carbonyl (C=O) groups is 1. The van der Waals surface area contributed by atoms with E-state index in [4.69, 9.17) is 39.5 Å². The van der Waals surface area contributed by atoms with Crippen molar-refractivity contribution in [1.29, 1.82) is 0 Å². The van der Waals surface area contributed by atoms with Crippen LogP contribution in [0.25, 0.3) is 0 Å². The van der Waals surface area contributed by atoms with Gasteiger partial charge < -0.3 is 14.5 Å². The van der Waals surface area contributed by atoms with Crippen LogP contribution in [0.2, 0.25) is 15.1 Å². The average molecular weight is 565 g/mol. The minimum atomic E-state index is -3.29. The van der Waals surface area contributed by atoms with Crippen molar-refractivity contribution in [3.05, 3.63) is 62.8 Å². The number of piperazine rings is 1. The van der Waals surface area contributed by atoms with E-state index in [0.29, 0.717) is 42.0 Å². The van der Waals surface area contributed by atoms with Crippen LogP contribution in [0.15, 0.2) is 36.4 Å². The van der Waals surface area contributed by atoms with E-state index in [1.165, 1.54) is 28.8 Å². The molecule has 2 aromatic rings. The molecular weight excluding hydrogens is 540 g/mol. The monoisotopic (exact) mass is 563 g/mol. The summed E-state index contributed by atoms with van der Waals surface area (Å²) in [6.45, 7) is 2.36. The van der Waals surface area contributed by atoms with Crippen molar-refractivity contribution < 1.29 is 22.3 Å². The van der Waals surface area contributed by atoms with Gasteiger partial charge in [0.25, 0.3) is 0 Å². The highest BCUT2D eigenvalue weighted by Crippen LogP contribution is 2.37. The predicted octanol–water partition coefficient (Wildman–Crippen LogP) is 4.58. The summed E-state index contributed by atoms with van der Waals surface area (Å²) in [4.78, 5) is 16.7. The average Bonchev–Trinajstić information content (AvgIpc) is 3.25. The number of urea groups is 1. The Hall–Kier alpha value is -1.78. The Morgan fingerprint density at radius 2 is 1.69 bits per heavy atom. The fourth-order valence-corrected chi connectivity index (χ4v) is 5.80. The van der Waals surface area contributed by atoms with E-state index in [1.54, 1.807) is 21.9 Å². The summed E-state index contributed by atoms with van der Waals surface area (Å²) in [5.74, 6) is -0.230. The number of nitrogens with zero attached hydrogens (tertiary/aromatic N) is 3. The molecule has 2 heterocycles. The molecule has 0 bridgehead atoms. The number of amides is 2. The number of likely N-dealkylation sites (tertiary alicyclic amines) is 1. The van der Waals surface area contributed by atoms with Gasteiger partial charge in [0.05, 0.1) is 27.9 Å². The molecule has 190 valence electrons. The first-order valence-electron chi connectivity index (χ1n) is 11.0. The lowest BCUT2D eigenvalue weighted by atomic mass is 9.89. The molecule has 2 amide bonds. The number of hydrogen-bond acceptors (Lipinski definition) is 4. The minimum absolute atomic E-state index is 0.0278. The second kappa shape index (κ2) is 10.7. The van der Waals surface area contributed by atoms with Crippen molar-refractivity contribution in [3.63, 3.8) is 0 Å². The predicted molar refractivity (Wildman–Crippen MR) is 135 cm³/mol. The Labute approximate surface area is 219 Å². The third-order valence-corrected chi connectivity index (χ3v) is 8.75. The van der Waals surface area contributed by atoms with Gasteiger partial charge in [-0.2, -0.15) is 4.31 Å². The van der Waals surface area contributed by atoms with Crippen molar-refractivity contribution in [3.8, 4) is 5.75 Å². The number of halogens is 4. The molecule has 0 saturated carbocycles. The molecule has 7 nitrogen and oxygen atoms in total. The first kappa shape index (κ1) is 26.3. The Morgan fingerprint density at radius 1 is 0.971 bits per heavy atom. The molecule has 2 saturated heterocycles. The second-order valence-corrected chi connectivity index (χ2v) is 12.0. The molecule has 35 heavy (non-hydrogen) atoms. The van der Waals surface area contributed by atoms with Crippen LogP contribution in [0.4, 0.5) is 9.18 Å². The molecule has 0 aliphatic carbocycles. The van der Waals surface area contributed by atoms with E-state index in [9.17, 15) is 17.6 Å². The highest BCUT2D eigenvalue weighted by Gasteiger charge is 2.39. The fourth-order valence-electron chi connectivity index (χ4n) is 4.50. The minimum Gasteiger partial charge on any atom is -0.493 e. The van der Waals surface area contributed by atoms with Crippen LogP contribution in [0.1, 0.15) is 11.5 Å². The Kier molecular flexibility index (Phi) is 8.02. The fraction of sp³-hybridized carbons (Fsp3) is 0.435. The molecule has 0 aromatic heterocycles. The number of benzene rings is 2. The summed E-state index contributed by atoms with van der Waals surface area (Å²) in [6, 6.07) is 9.45. The number of rotatable bonds is 5. The van der Waals surface area contributed by atoms with Gasteiger partial charge in [0.15, 0.2) is 0 Å². The Balaban J connectivity index is 1.49. The van der Waals surface area contributed by atoms with Crippen LogP contribution >= 0.6 is 34.8 Å². The molecule has 0 radical (unpaired) electrons. The zero-order valence-corrected chi connectivity index (χ0v) is 22.0. The molecule has 2 aliphatic rings. The highest BCUT2D eigenvalue weighted by atomic mass is 35.5. The summed E-state index contributed by atoms with van der Waals surface area (Å²) in [5.41, 5.74) is 0.933. The van der Waals surface area contributed by atoms with Gasteiger partial charge in [-0.25, -0.2) is 17.6 Å². The standard InChI is InChI=1S/C23H25Cl3FN3O4S/c1-35(32,33)30-8-6-28(7-9-30)23(31)29-12-16(14-34-17-3-5-22(27)21(26)11-17)18(13-29)15-2-4-19(24)20(25)10-15/h2-5,10-11,16,18H,6-9,12-14H2,1H3/t16-,18?/m0/s1. The maximum absolute atomic E-state index is 13.5. The highest BCUT2D eigenvalue weighted by molar-refractivity contribution is 7.88. The number of sulfonamides is 1. The van der Waals surface area contributed by atoms with Crippen molar-refractivity contribution in [2.75, 3.05) is 52.1 Å². The molecule has 0 spiro atoms. The van der Waals surface area contributed by atoms with Crippen LogP contribution in [0, 0.1) is 11.7 Å². The maximum Gasteiger partial charge on any atom is 0.320 e. The third kappa shape index (κ3) is 6.14. The van der Waals surface area contributed by atoms with E-state index in [0.717, 1.165) is 5.56 Å². The van der Waals surface area contributed by atoms with Gasteiger partial charge in [0.2, 0.25) is 10.0 Å². The topological polar surface area (TPSA) is 70.2 Å². The van der Waals surface area contributed by atoms with Crippen molar-refractivity contribution in [2.45, 2.75) is 5.92 Å². The summed E-state index contributed by atoms with van der Waals surface area (Å²) < 4.78 is 44.4. The molecule has 2 fully saturated rings. The summed E-state index contributed by atoms with van der Waals surface area (Å²) in [5, 5.41) is 0.842. The van der Waals surface area contributed by atoms with Crippen LogP contribution in [0.3, 0.4) is 0 Å². The van der Waals surface area contributed by atoms with E-state index in [2.05, 4.69) is 0 Å². The van der Waals surface area contributed by atoms with Gasteiger partial charge in [-0.05, 0) is 29.8 Å². The van der Waals surface area contributed by atoms with E-state index >= 15 is 0 Å². The smallest absolute Gasteiger partial charge is 0.320 e.